The van der Waals surface area contributed by atoms with Crippen molar-refractivity contribution in [2.45, 2.75) is 458 Å². The number of aliphatic hydroxyl groups is 1. The molecule has 0 amide bonds. The lowest BCUT2D eigenvalue weighted by Crippen LogP contribution is -2.30. The molecule has 0 saturated carbocycles. The summed E-state index contributed by atoms with van der Waals surface area (Å²) < 4.78 is 68.7. The smallest absolute Gasteiger partial charge is 0.462 e. The number of carbonyl (C=O) groups is 4. The van der Waals surface area contributed by atoms with Crippen molar-refractivity contribution in [3.05, 3.63) is 0 Å². The van der Waals surface area contributed by atoms with Crippen LogP contribution in [0.1, 0.15) is 440 Å². The van der Waals surface area contributed by atoms with Gasteiger partial charge in [-0.3, -0.25) is 37.3 Å². The molecular formula is C83H162O17P2. The molecule has 5 atom stereocenters. The molecule has 102 heavy (non-hydrogen) atoms. The van der Waals surface area contributed by atoms with Crippen LogP contribution in [0, 0.1) is 11.8 Å². The van der Waals surface area contributed by atoms with Crippen molar-refractivity contribution < 1.29 is 80.2 Å². The lowest BCUT2D eigenvalue weighted by molar-refractivity contribution is -0.161. The molecule has 0 aliphatic rings. The van der Waals surface area contributed by atoms with Crippen molar-refractivity contribution in [2.75, 3.05) is 39.6 Å². The van der Waals surface area contributed by atoms with E-state index in [1.165, 1.54) is 250 Å². The number of aliphatic hydroxyl groups excluding tert-OH is 1. The number of ether oxygens (including phenoxy) is 4. The number of hydrogen-bond acceptors (Lipinski definition) is 15. The summed E-state index contributed by atoms with van der Waals surface area (Å²) in [5.41, 5.74) is 0. The third kappa shape index (κ3) is 76.3. The SMILES string of the molecule is CCCCCCCCCCCCCCCCCCCC(=O)O[C@H](COC(=O)CCCCCCCCCC)COP(=O)(O)OC[C@H](O)COP(=O)(O)OC[C@@H](COC(=O)CCCCCCCCCCCCCCCCCC(C)C)OC(=O)CCCCCCCCCCCCCCCCCCC(C)C. The second-order valence-corrected chi connectivity index (χ2v) is 33.7. The molecule has 17 nitrogen and oxygen atoms in total. The van der Waals surface area contributed by atoms with E-state index in [-0.39, 0.29) is 25.7 Å². The minimum Gasteiger partial charge on any atom is -0.462 e. The van der Waals surface area contributed by atoms with Crippen molar-refractivity contribution in [1.82, 2.24) is 0 Å². The Morgan fingerprint density at radius 1 is 0.265 bits per heavy atom. The first kappa shape index (κ1) is 100. The van der Waals surface area contributed by atoms with E-state index >= 15 is 0 Å². The van der Waals surface area contributed by atoms with Gasteiger partial charge in [-0.2, -0.15) is 0 Å². The highest BCUT2D eigenvalue weighted by atomic mass is 31.2. The molecule has 3 N–H and O–H groups in total. The van der Waals surface area contributed by atoms with Gasteiger partial charge in [-0.05, 0) is 37.5 Å². The van der Waals surface area contributed by atoms with E-state index in [1.54, 1.807) is 0 Å². The van der Waals surface area contributed by atoms with Crippen molar-refractivity contribution in [1.29, 1.82) is 0 Å². The molecule has 0 rings (SSSR count). The largest absolute Gasteiger partial charge is 0.472 e. The van der Waals surface area contributed by atoms with Gasteiger partial charge in [-0.15, -0.1) is 0 Å². The van der Waals surface area contributed by atoms with Crippen molar-refractivity contribution >= 4 is 39.5 Å². The van der Waals surface area contributed by atoms with Crippen LogP contribution in [0.5, 0.6) is 0 Å². The number of rotatable bonds is 82. The molecule has 0 bridgehead atoms. The van der Waals surface area contributed by atoms with E-state index in [0.29, 0.717) is 25.7 Å². The lowest BCUT2D eigenvalue weighted by atomic mass is 10.0. The van der Waals surface area contributed by atoms with Crippen molar-refractivity contribution in [3.8, 4) is 0 Å². The summed E-state index contributed by atoms with van der Waals surface area (Å²) in [7, 11) is -9.92. The molecule has 0 aromatic rings. The van der Waals surface area contributed by atoms with E-state index in [9.17, 15) is 43.2 Å². The first-order valence-corrected chi connectivity index (χ1v) is 46.0. The van der Waals surface area contributed by atoms with Gasteiger partial charge >= 0.3 is 39.5 Å². The minimum absolute atomic E-state index is 0.108. The predicted molar refractivity (Wildman–Crippen MR) is 418 cm³/mol. The molecule has 0 aliphatic heterocycles. The van der Waals surface area contributed by atoms with Crippen LogP contribution in [0.15, 0.2) is 0 Å². The Bertz CT molecular complexity index is 1960. The van der Waals surface area contributed by atoms with Crippen LogP contribution in [0.4, 0.5) is 0 Å². The summed E-state index contributed by atoms with van der Waals surface area (Å²) in [5.74, 6) is -0.492. The van der Waals surface area contributed by atoms with Crippen LogP contribution in [0.2, 0.25) is 0 Å². The maximum absolute atomic E-state index is 13.1. The van der Waals surface area contributed by atoms with Crippen LogP contribution in [-0.2, 0) is 65.4 Å². The summed E-state index contributed by atoms with van der Waals surface area (Å²) in [5, 5.41) is 10.6. The van der Waals surface area contributed by atoms with Gasteiger partial charge in [0.2, 0.25) is 0 Å². The zero-order chi connectivity index (χ0) is 74.9. The van der Waals surface area contributed by atoms with Crippen LogP contribution in [0.3, 0.4) is 0 Å². The van der Waals surface area contributed by atoms with E-state index in [4.69, 9.17) is 37.0 Å². The van der Waals surface area contributed by atoms with Gasteiger partial charge in [0, 0.05) is 25.7 Å². The molecule has 606 valence electrons. The normalized spacial score (nSPS) is 13.9. The van der Waals surface area contributed by atoms with Gasteiger partial charge in [0.05, 0.1) is 26.4 Å². The molecule has 2 unspecified atom stereocenters. The van der Waals surface area contributed by atoms with Gasteiger partial charge in [0.1, 0.15) is 19.3 Å². The fourth-order valence-electron chi connectivity index (χ4n) is 12.9. The zero-order valence-corrected chi connectivity index (χ0v) is 68.7. The summed E-state index contributed by atoms with van der Waals surface area (Å²) in [6, 6.07) is 0. The van der Waals surface area contributed by atoms with Crippen molar-refractivity contribution in [3.63, 3.8) is 0 Å². The molecule has 0 aromatic heterocycles. The highest BCUT2D eigenvalue weighted by molar-refractivity contribution is 7.47. The number of phosphoric ester groups is 2. The molecular weight excluding hydrogens is 1330 g/mol. The van der Waals surface area contributed by atoms with Gasteiger partial charge in [0.25, 0.3) is 0 Å². The van der Waals surface area contributed by atoms with Crippen LogP contribution in [0.25, 0.3) is 0 Å². The summed E-state index contributed by atoms with van der Waals surface area (Å²) in [6.45, 7) is 9.69. The van der Waals surface area contributed by atoms with Gasteiger partial charge in [-0.1, -0.05) is 388 Å². The van der Waals surface area contributed by atoms with Gasteiger partial charge in [0.15, 0.2) is 12.2 Å². The molecule has 19 heteroatoms. The van der Waals surface area contributed by atoms with Gasteiger partial charge in [-0.25, -0.2) is 9.13 Å². The molecule has 0 heterocycles. The summed E-state index contributed by atoms with van der Waals surface area (Å²) in [4.78, 5) is 73.0. The molecule has 0 saturated heterocycles. The summed E-state index contributed by atoms with van der Waals surface area (Å²) >= 11 is 0. The summed E-state index contributed by atoms with van der Waals surface area (Å²) in [6.07, 6.45) is 65.3. The Kier molecular flexibility index (Phi) is 73.1. The number of esters is 4. The average Bonchev–Trinajstić information content (AvgIpc) is 0.922. The molecule has 0 aliphatic carbocycles. The standard InChI is InChI=1S/C83H162O17P2/c1-7-9-11-13-15-17-18-19-20-21-27-33-38-43-49-55-61-67-82(87)99-78(71-93-80(85)65-59-53-47-16-14-12-10-8-2)73-97-101(89,90)95-69-77(84)70-96-102(91,92)98-74-79(72-94-81(86)66-60-54-48-42-37-32-29-24-26-31-36-41-46-52-58-64-76(5)6)100-83(88)68-62-56-50-44-39-34-28-23-22-25-30-35-40-45-51-57-63-75(3)4/h75-79,84H,7-74H2,1-6H3,(H,89,90)(H,91,92)/t77-,78+,79+/m0/s1. The fraction of sp³-hybridized carbons (Fsp3) is 0.952. The molecule has 0 fully saturated rings. The first-order chi connectivity index (χ1) is 49.4. The number of unbranched alkanes of at least 4 members (excludes halogenated alkanes) is 52. The van der Waals surface area contributed by atoms with Crippen molar-refractivity contribution in [2.24, 2.45) is 11.8 Å². The quantitative estimate of drug-likeness (QED) is 0.0222. The van der Waals surface area contributed by atoms with Gasteiger partial charge < -0.3 is 33.8 Å². The Morgan fingerprint density at radius 3 is 0.667 bits per heavy atom. The topological polar surface area (TPSA) is 237 Å². The third-order valence-corrected chi connectivity index (χ3v) is 21.4. The van der Waals surface area contributed by atoms with Crippen LogP contribution < -0.4 is 0 Å². The predicted octanol–water partition coefficient (Wildman–Crippen LogP) is 25.1. The van der Waals surface area contributed by atoms with E-state index in [0.717, 1.165) is 108 Å². The molecule has 0 spiro atoms. The minimum atomic E-state index is -4.96. The fourth-order valence-corrected chi connectivity index (χ4v) is 14.5. The Balaban J connectivity index is 5.20. The second kappa shape index (κ2) is 74.5. The van der Waals surface area contributed by atoms with E-state index < -0.39 is 97.5 Å². The number of carbonyl (C=O) groups excluding carboxylic acids is 4. The second-order valence-electron chi connectivity index (χ2n) is 30.8. The monoisotopic (exact) mass is 1490 g/mol. The number of hydrogen-bond donors (Lipinski definition) is 3. The Hall–Kier alpha value is -1.94. The highest BCUT2D eigenvalue weighted by Crippen LogP contribution is 2.45. The highest BCUT2D eigenvalue weighted by Gasteiger charge is 2.30. The third-order valence-electron chi connectivity index (χ3n) is 19.5. The first-order valence-electron chi connectivity index (χ1n) is 43.0. The molecule has 0 radical (unpaired) electrons. The lowest BCUT2D eigenvalue weighted by Gasteiger charge is -2.21. The maximum atomic E-state index is 13.1. The maximum Gasteiger partial charge on any atom is 0.472 e. The average molecular weight is 1490 g/mol. The Labute approximate surface area is 626 Å². The Morgan fingerprint density at radius 2 is 0.451 bits per heavy atom. The van der Waals surface area contributed by atoms with E-state index in [2.05, 4.69) is 41.5 Å². The van der Waals surface area contributed by atoms with Crippen LogP contribution in [-0.4, -0.2) is 96.7 Å². The van der Waals surface area contributed by atoms with E-state index in [1.807, 2.05) is 0 Å². The zero-order valence-electron chi connectivity index (χ0n) is 66.9. The van der Waals surface area contributed by atoms with Crippen LogP contribution >= 0.6 is 15.6 Å². The number of phosphoric acid groups is 2. The molecule has 0 aromatic carbocycles.